The number of benzene rings is 1. The van der Waals surface area contributed by atoms with E-state index < -0.39 is 0 Å². The van der Waals surface area contributed by atoms with E-state index in [1.165, 1.54) is 28.0 Å². The van der Waals surface area contributed by atoms with Gasteiger partial charge in [0.2, 0.25) is 0 Å². The van der Waals surface area contributed by atoms with Crippen LogP contribution in [0.3, 0.4) is 0 Å². The first kappa shape index (κ1) is 16.1. The first-order valence-corrected chi connectivity index (χ1v) is 10.1. The number of fused-ring (bicyclic) bond motifs is 3. The molecule has 0 aliphatic heterocycles. The van der Waals surface area contributed by atoms with Crippen LogP contribution in [0.15, 0.2) is 45.2 Å². The van der Waals surface area contributed by atoms with Crippen LogP contribution >= 0.6 is 39.0 Å². The largest absolute Gasteiger partial charge is 0.293 e. The van der Waals surface area contributed by atoms with Gasteiger partial charge in [0.25, 0.3) is 0 Å². The molecule has 24 heavy (non-hydrogen) atoms. The van der Waals surface area contributed by atoms with Gasteiger partial charge in [-0.15, -0.1) is 21.5 Å². The van der Waals surface area contributed by atoms with Crippen LogP contribution in [0.25, 0.3) is 15.7 Å². The summed E-state index contributed by atoms with van der Waals surface area (Å²) in [5.41, 5.74) is 2.88. The fourth-order valence-corrected chi connectivity index (χ4v) is 4.74. The van der Waals surface area contributed by atoms with Crippen molar-refractivity contribution >= 4 is 54.8 Å². The molecule has 1 aromatic carbocycles. The first-order chi connectivity index (χ1) is 11.7. The molecule has 3 heterocycles. The molecule has 0 fully saturated rings. The molecule has 0 saturated carbocycles. The molecule has 0 radical (unpaired) electrons. The topological polar surface area (TPSA) is 30.2 Å². The Morgan fingerprint density at radius 2 is 2.08 bits per heavy atom. The highest BCUT2D eigenvalue weighted by Gasteiger charge is 2.14. The summed E-state index contributed by atoms with van der Waals surface area (Å²) in [6.45, 7) is 2.08. The Balaban J connectivity index is 1.74. The Morgan fingerprint density at radius 1 is 1.21 bits per heavy atom. The summed E-state index contributed by atoms with van der Waals surface area (Å²) >= 11 is 6.51. The molecule has 0 N–H and O–H groups in total. The number of hydrogen-bond donors (Lipinski definition) is 0. The van der Waals surface area contributed by atoms with Crippen molar-refractivity contribution in [1.29, 1.82) is 0 Å². The standard InChI is InChI=1S/C17H13BrFN3S2/c1-2-16-20-21-17(14-8-15-13(22(14)16)5-6-23-15)24-9-10-3-4-11(18)7-12(10)19/h3-8H,2,9H2,1H3. The number of rotatable bonds is 4. The number of aromatic nitrogens is 3. The van der Waals surface area contributed by atoms with Gasteiger partial charge < -0.3 is 0 Å². The smallest absolute Gasteiger partial charge is 0.143 e. The van der Waals surface area contributed by atoms with E-state index in [4.69, 9.17) is 0 Å². The third-order valence-electron chi connectivity index (χ3n) is 3.85. The third-order valence-corrected chi connectivity index (χ3v) is 6.22. The van der Waals surface area contributed by atoms with Gasteiger partial charge >= 0.3 is 0 Å². The Morgan fingerprint density at radius 3 is 2.88 bits per heavy atom. The van der Waals surface area contributed by atoms with E-state index in [-0.39, 0.29) is 5.82 Å². The average Bonchev–Trinajstić information content (AvgIpc) is 3.15. The zero-order valence-electron chi connectivity index (χ0n) is 12.8. The number of thiophene rings is 1. The lowest BCUT2D eigenvalue weighted by Gasteiger charge is -2.08. The quantitative estimate of drug-likeness (QED) is 0.395. The predicted octanol–water partition coefficient (Wildman–Crippen LogP) is 5.70. The van der Waals surface area contributed by atoms with Crippen molar-refractivity contribution in [3.63, 3.8) is 0 Å². The minimum Gasteiger partial charge on any atom is -0.293 e. The molecule has 0 saturated heterocycles. The van der Waals surface area contributed by atoms with E-state index in [1.54, 1.807) is 17.4 Å². The molecule has 0 atom stereocenters. The Kier molecular flexibility index (Phi) is 4.32. The van der Waals surface area contributed by atoms with Crippen molar-refractivity contribution in [1.82, 2.24) is 14.6 Å². The van der Waals surface area contributed by atoms with Crippen molar-refractivity contribution in [2.75, 3.05) is 0 Å². The summed E-state index contributed by atoms with van der Waals surface area (Å²) < 4.78 is 18.2. The molecule has 4 rings (SSSR count). The highest BCUT2D eigenvalue weighted by atomic mass is 79.9. The van der Waals surface area contributed by atoms with Gasteiger partial charge in [-0.1, -0.05) is 40.7 Å². The zero-order chi connectivity index (χ0) is 16.7. The molecule has 0 amide bonds. The SMILES string of the molecule is CCc1nnc(SCc2ccc(Br)cc2F)c2cc3sccc3n12. The van der Waals surface area contributed by atoms with Crippen LogP contribution in [0.5, 0.6) is 0 Å². The second kappa shape index (κ2) is 6.46. The summed E-state index contributed by atoms with van der Waals surface area (Å²) in [6, 6.07) is 9.40. The maximum atomic E-state index is 14.0. The Labute approximate surface area is 155 Å². The fraction of sp³-hybridized carbons (Fsp3) is 0.176. The molecule has 3 aromatic heterocycles. The van der Waals surface area contributed by atoms with Gasteiger partial charge in [-0.2, -0.15) is 0 Å². The lowest BCUT2D eigenvalue weighted by atomic mass is 10.2. The normalized spacial score (nSPS) is 11.6. The second-order valence-corrected chi connectivity index (χ2v) is 8.16. The molecule has 0 unspecified atom stereocenters. The summed E-state index contributed by atoms with van der Waals surface area (Å²) in [5, 5.41) is 11.7. The summed E-state index contributed by atoms with van der Waals surface area (Å²) in [7, 11) is 0. The van der Waals surface area contributed by atoms with Crippen LogP contribution in [-0.2, 0) is 12.2 Å². The molecule has 0 aliphatic carbocycles. The van der Waals surface area contributed by atoms with E-state index in [0.29, 0.717) is 11.3 Å². The highest BCUT2D eigenvalue weighted by molar-refractivity contribution is 9.10. The molecule has 7 heteroatoms. The van der Waals surface area contributed by atoms with Gasteiger partial charge in [-0.05, 0) is 35.2 Å². The van der Waals surface area contributed by atoms with Crippen molar-refractivity contribution in [3.8, 4) is 0 Å². The van der Waals surface area contributed by atoms with Crippen molar-refractivity contribution in [2.45, 2.75) is 24.1 Å². The number of hydrogen-bond acceptors (Lipinski definition) is 4. The molecule has 4 aromatic rings. The zero-order valence-corrected chi connectivity index (χ0v) is 16.0. The molecule has 122 valence electrons. The molecule has 0 spiro atoms. The fourth-order valence-electron chi connectivity index (χ4n) is 2.68. The van der Waals surface area contributed by atoms with Crippen LogP contribution in [0, 0.1) is 5.82 Å². The van der Waals surface area contributed by atoms with E-state index in [9.17, 15) is 4.39 Å². The third kappa shape index (κ3) is 2.74. The number of nitrogens with zero attached hydrogens (tertiary/aromatic N) is 3. The van der Waals surface area contributed by atoms with Crippen molar-refractivity contribution < 1.29 is 4.39 Å². The van der Waals surface area contributed by atoms with Gasteiger partial charge in [-0.3, -0.25) is 4.40 Å². The predicted molar refractivity (Wildman–Crippen MR) is 101 cm³/mol. The minimum absolute atomic E-state index is 0.206. The monoisotopic (exact) mass is 421 g/mol. The lowest BCUT2D eigenvalue weighted by molar-refractivity contribution is 0.616. The van der Waals surface area contributed by atoms with Gasteiger partial charge in [0.05, 0.1) is 15.7 Å². The van der Waals surface area contributed by atoms with E-state index in [2.05, 4.69) is 55.0 Å². The maximum Gasteiger partial charge on any atom is 0.143 e. The Hall–Kier alpha value is -1.44. The van der Waals surface area contributed by atoms with Gasteiger partial charge in [0.15, 0.2) is 0 Å². The molecular weight excluding hydrogens is 409 g/mol. The first-order valence-electron chi connectivity index (χ1n) is 7.48. The lowest BCUT2D eigenvalue weighted by Crippen LogP contribution is -2.03. The van der Waals surface area contributed by atoms with Crippen molar-refractivity contribution in [2.24, 2.45) is 0 Å². The number of halogens is 2. The van der Waals surface area contributed by atoms with Gasteiger partial charge in [-0.25, -0.2) is 4.39 Å². The Bertz CT molecular complexity index is 1040. The molecule has 0 aliphatic rings. The molecule has 3 nitrogen and oxygen atoms in total. The number of thioether (sulfide) groups is 1. The van der Waals surface area contributed by atoms with E-state index in [1.807, 2.05) is 6.07 Å². The van der Waals surface area contributed by atoms with Crippen LogP contribution in [0.2, 0.25) is 0 Å². The number of aryl methyl sites for hydroxylation is 1. The summed E-state index contributed by atoms with van der Waals surface area (Å²) in [4.78, 5) is 0. The summed E-state index contributed by atoms with van der Waals surface area (Å²) in [5.74, 6) is 1.26. The van der Waals surface area contributed by atoms with Crippen molar-refractivity contribution in [3.05, 3.63) is 57.4 Å². The van der Waals surface area contributed by atoms with Crippen LogP contribution in [0.1, 0.15) is 18.3 Å². The minimum atomic E-state index is -0.206. The molecule has 0 bridgehead atoms. The van der Waals surface area contributed by atoms with E-state index >= 15 is 0 Å². The average molecular weight is 422 g/mol. The molecular formula is C17H13BrFN3S2. The van der Waals surface area contributed by atoms with Crippen LogP contribution < -0.4 is 0 Å². The second-order valence-electron chi connectivity index (χ2n) is 5.33. The van der Waals surface area contributed by atoms with E-state index in [0.717, 1.165) is 27.3 Å². The summed E-state index contributed by atoms with van der Waals surface area (Å²) in [6.07, 6.45) is 0.815. The van der Waals surface area contributed by atoms with Crippen LogP contribution in [-0.4, -0.2) is 14.6 Å². The van der Waals surface area contributed by atoms with Crippen LogP contribution in [0.4, 0.5) is 4.39 Å². The highest BCUT2D eigenvalue weighted by Crippen LogP contribution is 2.32. The maximum absolute atomic E-state index is 14.0. The van der Waals surface area contributed by atoms with Gasteiger partial charge in [0, 0.05) is 16.6 Å². The van der Waals surface area contributed by atoms with Gasteiger partial charge in [0.1, 0.15) is 16.7 Å².